The van der Waals surface area contributed by atoms with Crippen molar-refractivity contribution in [3.8, 4) is 0 Å². The topological polar surface area (TPSA) is 132 Å². The third-order valence-corrected chi connectivity index (χ3v) is 4.60. The highest BCUT2D eigenvalue weighted by molar-refractivity contribution is 5.81. The lowest BCUT2D eigenvalue weighted by molar-refractivity contribution is -0.138. The van der Waals surface area contributed by atoms with Crippen LogP contribution in [-0.2, 0) is 9.59 Å². The molecule has 2 aliphatic heterocycles. The number of nitrogens with two attached hydrogens (primary N) is 1. The quantitative estimate of drug-likeness (QED) is 0.523. The fourth-order valence-electron chi connectivity index (χ4n) is 3.42. The minimum atomic E-state index is -0.892. The van der Waals surface area contributed by atoms with Crippen LogP contribution in [0.3, 0.4) is 0 Å². The van der Waals surface area contributed by atoms with Crippen LogP contribution >= 0.6 is 0 Å². The van der Waals surface area contributed by atoms with Crippen molar-refractivity contribution in [2.75, 3.05) is 28.6 Å². The van der Waals surface area contributed by atoms with E-state index in [0.29, 0.717) is 49.7 Å². The summed E-state index contributed by atoms with van der Waals surface area (Å²) in [4.78, 5) is 30.2. The van der Waals surface area contributed by atoms with Crippen molar-refractivity contribution in [1.82, 2.24) is 10.3 Å². The van der Waals surface area contributed by atoms with Crippen LogP contribution in [0.5, 0.6) is 0 Å². The second-order valence-electron chi connectivity index (χ2n) is 6.05. The number of carboxylic acids is 1. The van der Waals surface area contributed by atoms with E-state index in [-0.39, 0.29) is 0 Å². The molecule has 1 aromatic heterocycles. The smallest absolute Gasteiger partial charge is 0.326 e. The van der Waals surface area contributed by atoms with Gasteiger partial charge in [-0.25, -0.2) is 9.78 Å². The van der Waals surface area contributed by atoms with Gasteiger partial charge in [-0.1, -0.05) is 0 Å². The molecule has 2 aliphatic rings. The van der Waals surface area contributed by atoms with Gasteiger partial charge in [0.25, 0.3) is 0 Å². The largest absolute Gasteiger partial charge is 0.480 e. The first kappa shape index (κ1) is 16.3. The molecule has 1 amide bonds. The van der Waals surface area contributed by atoms with Crippen LogP contribution in [0, 0.1) is 0 Å². The summed E-state index contributed by atoms with van der Waals surface area (Å²) < 4.78 is 0. The van der Waals surface area contributed by atoms with Crippen molar-refractivity contribution in [2.24, 2.45) is 0 Å². The van der Waals surface area contributed by atoms with Crippen molar-refractivity contribution >= 4 is 29.7 Å². The van der Waals surface area contributed by atoms with Crippen molar-refractivity contribution in [3.63, 3.8) is 0 Å². The van der Waals surface area contributed by atoms with Crippen molar-refractivity contribution in [1.29, 1.82) is 0 Å². The van der Waals surface area contributed by atoms with Crippen LogP contribution in [-0.4, -0.2) is 59.0 Å². The van der Waals surface area contributed by atoms with E-state index in [1.54, 1.807) is 21.9 Å². The SMILES string of the molecule is Nc1ccc(N2CCC(O)C2NC=O)nc1N1CCCC1C(=O)O. The Hall–Kier alpha value is -2.55. The molecular weight excluding hydrogens is 314 g/mol. The number of aliphatic carboxylic acids is 1. The first-order chi connectivity index (χ1) is 11.5. The van der Waals surface area contributed by atoms with Gasteiger partial charge in [0.2, 0.25) is 6.41 Å². The number of amides is 1. The summed E-state index contributed by atoms with van der Waals surface area (Å²) in [6.07, 6.45) is 1.13. The molecule has 0 radical (unpaired) electrons. The molecule has 0 saturated carbocycles. The third-order valence-electron chi connectivity index (χ3n) is 4.60. The summed E-state index contributed by atoms with van der Waals surface area (Å²) in [6, 6.07) is 2.75. The highest BCUT2D eigenvalue weighted by Crippen LogP contribution is 2.32. The van der Waals surface area contributed by atoms with Gasteiger partial charge in [-0.2, -0.15) is 0 Å². The van der Waals surface area contributed by atoms with Gasteiger partial charge < -0.3 is 31.1 Å². The number of nitrogen functional groups attached to an aromatic ring is 1. The number of carbonyl (C=O) groups excluding carboxylic acids is 1. The van der Waals surface area contributed by atoms with Gasteiger partial charge in [-0.15, -0.1) is 0 Å². The predicted molar refractivity (Wildman–Crippen MR) is 87.6 cm³/mol. The van der Waals surface area contributed by atoms with E-state index in [9.17, 15) is 19.8 Å². The molecule has 1 aromatic rings. The van der Waals surface area contributed by atoms with Crippen LogP contribution in [0.15, 0.2) is 12.1 Å². The number of anilines is 3. The number of aromatic nitrogens is 1. The van der Waals surface area contributed by atoms with Crippen molar-refractivity contribution in [3.05, 3.63) is 12.1 Å². The molecule has 2 saturated heterocycles. The van der Waals surface area contributed by atoms with Gasteiger partial charge >= 0.3 is 5.97 Å². The maximum atomic E-state index is 11.4. The van der Waals surface area contributed by atoms with Gasteiger partial charge in [0.1, 0.15) is 18.0 Å². The van der Waals surface area contributed by atoms with Crippen LogP contribution in [0.4, 0.5) is 17.3 Å². The number of carbonyl (C=O) groups is 2. The third kappa shape index (κ3) is 2.82. The minimum Gasteiger partial charge on any atom is -0.480 e. The van der Waals surface area contributed by atoms with E-state index in [2.05, 4.69) is 10.3 Å². The lowest BCUT2D eigenvalue weighted by Crippen LogP contribution is -2.47. The molecular formula is C15H21N5O4. The first-order valence-corrected chi connectivity index (χ1v) is 7.93. The Morgan fingerprint density at radius 2 is 2.12 bits per heavy atom. The Kier molecular flexibility index (Phi) is 4.43. The Morgan fingerprint density at radius 3 is 2.83 bits per heavy atom. The average Bonchev–Trinajstić information content (AvgIpc) is 3.17. The Morgan fingerprint density at radius 1 is 1.33 bits per heavy atom. The van der Waals surface area contributed by atoms with E-state index < -0.39 is 24.3 Å². The van der Waals surface area contributed by atoms with Gasteiger partial charge in [0.05, 0.1) is 11.8 Å². The molecule has 3 atom stereocenters. The molecule has 130 valence electrons. The monoisotopic (exact) mass is 335 g/mol. The summed E-state index contributed by atoms with van der Waals surface area (Å²) in [5.74, 6) is 0.0889. The zero-order valence-electron chi connectivity index (χ0n) is 13.1. The number of hydrogen-bond donors (Lipinski definition) is 4. The summed E-state index contributed by atoms with van der Waals surface area (Å²) in [7, 11) is 0. The number of rotatable bonds is 5. The van der Waals surface area contributed by atoms with E-state index in [1.165, 1.54) is 0 Å². The maximum absolute atomic E-state index is 11.4. The molecule has 3 heterocycles. The summed E-state index contributed by atoms with van der Waals surface area (Å²) in [5, 5.41) is 21.9. The number of nitrogens with one attached hydrogen (secondary N) is 1. The van der Waals surface area contributed by atoms with E-state index >= 15 is 0 Å². The second kappa shape index (κ2) is 6.52. The molecule has 24 heavy (non-hydrogen) atoms. The zero-order valence-corrected chi connectivity index (χ0v) is 13.1. The van der Waals surface area contributed by atoms with Gasteiger partial charge in [0.15, 0.2) is 5.82 Å². The first-order valence-electron chi connectivity index (χ1n) is 7.93. The molecule has 0 spiro atoms. The predicted octanol–water partition coefficient (Wildman–Crippen LogP) is -0.640. The second-order valence-corrected chi connectivity index (χ2v) is 6.05. The van der Waals surface area contributed by atoms with Crippen LogP contribution in [0.2, 0.25) is 0 Å². The molecule has 3 rings (SSSR count). The van der Waals surface area contributed by atoms with Crippen molar-refractivity contribution in [2.45, 2.75) is 37.6 Å². The lowest BCUT2D eigenvalue weighted by atomic mass is 10.2. The standard InChI is InChI=1S/C15H21N5O4/c16-9-3-4-12(20-7-5-11(22)14(20)17-8-21)18-13(9)19-6-1-2-10(19)15(23)24/h3-4,8,10-11,14,22H,1-2,5-7,16H2,(H,17,21)(H,23,24). The molecule has 9 nitrogen and oxygen atoms in total. The molecule has 0 aromatic carbocycles. The molecule has 3 unspecified atom stereocenters. The van der Waals surface area contributed by atoms with E-state index in [4.69, 9.17) is 5.73 Å². The van der Waals surface area contributed by atoms with Crippen LogP contribution < -0.4 is 20.9 Å². The van der Waals surface area contributed by atoms with E-state index in [0.717, 1.165) is 6.42 Å². The van der Waals surface area contributed by atoms with Crippen molar-refractivity contribution < 1.29 is 19.8 Å². The molecule has 0 bridgehead atoms. The summed E-state index contributed by atoms with van der Waals surface area (Å²) in [6.45, 7) is 1.11. The average molecular weight is 335 g/mol. The molecule has 9 heteroatoms. The molecule has 0 aliphatic carbocycles. The van der Waals surface area contributed by atoms with Gasteiger partial charge in [-0.05, 0) is 31.4 Å². The fourth-order valence-corrected chi connectivity index (χ4v) is 3.42. The fraction of sp³-hybridized carbons (Fsp3) is 0.533. The lowest BCUT2D eigenvalue weighted by Gasteiger charge is -2.29. The number of aliphatic hydroxyl groups is 1. The van der Waals surface area contributed by atoms with Gasteiger partial charge in [0, 0.05) is 13.1 Å². The number of nitrogens with zero attached hydrogens (tertiary/aromatic N) is 3. The van der Waals surface area contributed by atoms with Crippen LogP contribution in [0.25, 0.3) is 0 Å². The van der Waals surface area contributed by atoms with Crippen LogP contribution in [0.1, 0.15) is 19.3 Å². The molecule has 5 N–H and O–H groups in total. The highest BCUT2D eigenvalue weighted by Gasteiger charge is 2.36. The zero-order chi connectivity index (χ0) is 17.3. The summed E-state index contributed by atoms with van der Waals surface area (Å²) in [5.41, 5.74) is 6.42. The maximum Gasteiger partial charge on any atom is 0.326 e. The Bertz CT molecular complexity index is 640. The Labute approximate surface area is 139 Å². The molecule has 2 fully saturated rings. The number of hydrogen-bond acceptors (Lipinski definition) is 7. The Balaban J connectivity index is 1.92. The number of carboxylic acid groups (broad SMARTS) is 1. The summed E-state index contributed by atoms with van der Waals surface area (Å²) >= 11 is 0. The van der Waals surface area contributed by atoms with E-state index in [1.807, 2.05) is 0 Å². The normalized spacial score (nSPS) is 26.6. The minimum absolute atomic E-state index is 0.409. The number of aliphatic hydroxyl groups excluding tert-OH is 1. The highest BCUT2D eigenvalue weighted by atomic mass is 16.4. The van der Waals surface area contributed by atoms with Gasteiger partial charge in [-0.3, -0.25) is 4.79 Å². The number of pyridine rings is 1.